The van der Waals surface area contributed by atoms with E-state index in [1.54, 1.807) is 22.2 Å². The Hall–Kier alpha value is -3.46. The summed E-state index contributed by atoms with van der Waals surface area (Å²) < 4.78 is 39.6. The number of hydrogen-bond donors (Lipinski definition) is 1. The second kappa shape index (κ2) is 7.88. The molecule has 0 aliphatic heterocycles. The zero-order valence-electron chi connectivity index (χ0n) is 14.8. The first-order chi connectivity index (χ1) is 14.0. The molecule has 0 spiro atoms. The topological polar surface area (TPSA) is 55.1 Å². The van der Waals surface area contributed by atoms with Gasteiger partial charge in [0.15, 0.2) is 0 Å². The number of alkyl halides is 3. The van der Waals surface area contributed by atoms with Gasteiger partial charge in [-0.25, -0.2) is 9.67 Å². The molecule has 0 unspecified atom stereocenters. The Morgan fingerprint density at radius 3 is 2.52 bits per heavy atom. The summed E-state index contributed by atoms with van der Waals surface area (Å²) in [7, 11) is 0. The van der Waals surface area contributed by atoms with Crippen LogP contribution in [-0.2, 0) is 6.18 Å². The first kappa shape index (κ1) is 18.9. The molecule has 3 heterocycles. The van der Waals surface area contributed by atoms with Gasteiger partial charge in [-0.05, 0) is 35.7 Å². The predicted octanol–water partition coefficient (Wildman–Crippen LogP) is 5.46. The van der Waals surface area contributed by atoms with E-state index in [0.717, 1.165) is 34.1 Å². The standard InChI is InChI=1S/C20H14F3N5S/c21-20(22,23)15-8-9-18(24-12-15)26-25-11-14-13-28(16-5-2-1-3-6-16)27-19(14)17-7-4-10-29-17/h1-13H,(H,24,26)/b25-11-. The van der Waals surface area contributed by atoms with Gasteiger partial charge >= 0.3 is 6.18 Å². The maximum atomic E-state index is 12.6. The van der Waals surface area contributed by atoms with E-state index in [1.165, 1.54) is 6.07 Å². The van der Waals surface area contributed by atoms with E-state index in [-0.39, 0.29) is 5.82 Å². The number of rotatable bonds is 5. The van der Waals surface area contributed by atoms with E-state index < -0.39 is 11.7 Å². The molecular formula is C20H14F3N5S. The summed E-state index contributed by atoms with van der Waals surface area (Å²) in [5.74, 6) is 0.211. The molecule has 1 aromatic carbocycles. The van der Waals surface area contributed by atoms with Crippen molar-refractivity contribution in [2.24, 2.45) is 5.10 Å². The fourth-order valence-corrected chi connectivity index (χ4v) is 3.33. The molecule has 0 atom stereocenters. The van der Waals surface area contributed by atoms with Crippen LogP contribution in [0.5, 0.6) is 0 Å². The van der Waals surface area contributed by atoms with Crippen LogP contribution in [0.4, 0.5) is 19.0 Å². The molecule has 0 amide bonds. The molecule has 0 bridgehead atoms. The van der Waals surface area contributed by atoms with E-state index in [2.05, 4.69) is 20.6 Å². The van der Waals surface area contributed by atoms with Gasteiger partial charge in [0.1, 0.15) is 11.5 Å². The van der Waals surface area contributed by atoms with Crippen molar-refractivity contribution >= 4 is 23.4 Å². The highest BCUT2D eigenvalue weighted by atomic mass is 32.1. The van der Waals surface area contributed by atoms with Crippen molar-refractivity contribution in [3.8, 4) is 16.3 Å². The Balaban J connectivity index is 1.58. The highest BCUT2D eigenvalue weighted by Gasteiger charge is 2.30. The maximum absolute atomic E-state index is 12.6. The Bertz CT molecular complexity index is 1100. The summed E-state index contributed by atoms with van der Waals surface area (Å²) in [6.45, 7) is 0. The SMILES string of the molecule is FC(F)(F)c1ccc(N/N=C\c2cn(-c3ccccc3)nc2-c2cccs2)nc1. The third-order valence-electron chi connectivity index (χ3n) is 3.99. The van der Waals surface area contributed by atoms with E-state index >= 15 is 0 Å². The maximum Gasteiger partial charge on any atom is 0.417 e. The minimum atomic E-state index is -4.42. The van der Waals surface area contributed by atoms with Crippen molar-refractivity contribution in [2.75, 3.05) is 5.43 Å². The molecule has 29 heavy (non-hydrogen) atoms. The molecule has 1 N–H and O–H groups in total. The van der Waals surface area contributed by atoms with Crippen molar-refractivity contribution in [3.63, 3.8) is 0 Å². The molecule has 146 valence electrons. The third-order valence-corrected chi connectivity index (χ3v) is 4.87. The van der Waals surface area contributed by atoms with Crippen LogP contribution < -0.4 is 5.43 Å². The lowest BCUT2D eigenvalue weighted by molar-refractivity contribution is -0.137. The lowest BCUT2D eigenvalue weighted by Gasteiger charge is -2.06. The van der Waals surface area contributed by atoms with Gasteiger partial charge in [-0.2, -0.15) is 23.4 Å². The predicted molar refractivity (Wildman–Crippen MR) is 107 cm³/mol. The zero-order valence-corrected chi connectivity index (χ0v) is 15.7. The summed E-state index contributed by atoms with van der Waals surface area (Å²) >= 11 is 1.56. The molecule has 3 aromatic heterocycles. The van der Waals surface area contributed by atoms with Crippen LogP contribution in [0, 0.1) is 0 Å². The van der Waals surface area contributed by atoms with Gasteiger partial charge in [-0.1, -0.05) is 24.3 Å². The number of halogens is 3. The first-order valence-corrected chi connectivity index (χ1v) is 9.40. The van der Waals surface area contributed by atoms with Gasteiger partial charge < -0.3 is 0 Å². The summed E-state index contributed by atoms with van der Waals surface area (Å²) in [5, 5.41) is 10.7. The van der Waals surface area contributed by atoms with Crippen molar-refractivity contribution < 1.29 is 13.2 Å². The summed E-state index contributed by atoms with van der Waals surface area (Å²) in [4.78, 5) is 4.72. The average Bonchev–Trinajstić information content (AvgIpc) is 3.38. The third kappa shape index (κ3) is 4.35. The van der Waals surface area contributed by atoms with Crippen LogP contribution >= 0.6 is 11.3 Å². The van der Waals surface area contributed by atoms with Crippen LogP contribution in [-0.4, -0.2) is 21.0 Å². The number of benzene rings is 1. The smallest absolute Gasteiger partial charge is 0.261 e. The fourth-order valence-electron chi connectivity index (χ4n) is 2.60. The second-order valence-electron chi connectivity index (χ2n) is 5.99. The lowest BCUT2D eigenvalue weighted by Crippen LogP contribution is -2.05. The first-order valence-electron chi connectivity index (χ1n) is 8.52. The Kier molecular flexibility index (Phi) is 5.13. The Morgan fingerprint density at radius 1 is 1.03 bits per heavy atom. The molecule has 0 radical (unpaired) electrons. The summed E-state index contributed by atoms with van der Waals surface area (Å²) in [5.41, 5.74) is 4.27. The number of nitrogens with one attached hydrogen (secondary N) is 1. The molecule has 9 heteroatoms. The molecule has 4 rings (SSSR count). The lowest BCUT2D eigenvalue weighted by atomic mass is 10.2. The summed E-state index contributed by atoms with van der Waals surface area (Å²) in [6, 6.07) is 15.7. The van der Waals surface area contributed by atoms with Gasteiger partial charge in [-0.3, -0.25) is 5.43 Å². The minimum Gasteiger partial charge on any atom is -0.261 e. The van der Waals surface area contributed by atoms with E-state index in [0.29, 0.717) is 0 Å². The molecule has 0 saturated heterocycles. The van der Waals surface area contributed by atoms with E-state index in [4.69, 9.17) is 0 Å². The van der Waals surface area contributed by atoms with Crippen LogP contribution in [0.3, 0.4) is 0 Å². The highest BCUT2D eigenvalue weighted by molar-refractivity contribution is 7.13. The molecule has 4 aromatic rings. The molecule has 0 saturated carbocycles. The van der Waals surface area contributed by atoms with Crippen molar-refractivity contribution in [2.45, 2.75) is 6.18 Å². The van der Waals surface area contributed by atoms with Crippen LogP contribution in [0.25, 0.3) is 16.3 Å². The van der Waals surface area contributed by atoms with Crippen LogP contribution in [0.2, 0.25) is 0 Å². The monoisotopic (exact) mass is 413 g/mol. The fraction of sp³-hybridized carbons (Fsp3) is 0.0500. The number of anilines is 1. The van der Waals surface area contributed by atoms with Gasteiger partial charge in [0, 0.05) is 18.0 Å². The second-order valence-corrected chi connectivity index (χ2v) is 6.94. The van der Waals surface area contributed by atoms with Crippen LogP contribution in [0.1, 0.15) is 11.1 Å². The normalized spacial score (nSPS) is 11.8. The van der Waals surface area contributed by atoms with Gasteiger partial charge in [0.05, 0.1) is 22.3 Å². The number of hydrazone groups is 1. The highest BCUT2D eigenvalue weighted by Crippen LogP contribution is 2.29. The van der Waals surface area contributed by atoms with E-state index in [9.17, 15) is 13.2 Å². The molecule has 0 aliphatic carbocycles. The van der Waals surface area contributed by atoms with Gasteiger partial charge in [0.2, 0.25) is 0 Å². The van der Waals surface area contributed by atoms with Crippen molar-refractivity contribution in [3.05, 3.63) is 83.5 Å². The minimum absolute atomic E-state index is 0.211. The Labute approximate surface area is 168 Å². The van der Waals surface area contributed by atoms with Gasteiger partial charge in [0.25, 0.3) is 0 Å². The van der Waals surface area contributed by atoms with E-state index in [1.807, 2.05) is 54.0 Å². The number of pyridine rings is 1. The number of para-hydroxylation sites is 1. The van der Waals surface area contributed by atoms with Crippen molar-refractivity contribution in [1.29, 1.82) is 0 Å². The molecular weight excluding hydrogens is 399 g/mol. The quantitative estimate of drug-likeness (QED) is 0.349. The Morgan fingerprint density at radius 2 is 1.86 bits per heavy atom. The number of aromatic nitrogens is 3. The number of nitrogens with zero attached hydrogens (tertiary/aromatic N) is 4. The molecule has 0 fully saturated rings. The molecule has 0 aliphatic rings. The average molecular weight is 413 g/mol. The van der Waals surface area contributed by atoms with Gasteiger partial charge in [-0.15, -0.1) is 11.3 Å². The zero-order chi connectivity index (χ0) is 20.3. The van der Waals surface area contributed by atoms with Crippen molar-refractivity contribution in [1.82, 2.24) is 14.8 Å². The largest absolute Gasteiger partial charge is 0.417 e. The summed E-state index contributed by atoms with van der Waals surface area (Å²) in [6.07, 6.45) is -0.241. The van der Waals surface area contributed by atoms with Crippen LogP contribution in [0.15, 0.2) is 77.5 Å². The number of thiophene rings is 1. The molecule has 5 nitrogen and oxygen atoms in total. The number of hydrogen-bond acceptors (Lipinski definition) is 5.